The van der Waals surface area contributed by atoms with Gasteiger partial charge < -0.3 is 0 Å². The average Bonchev–Trinajstić information content (AvgIpc) is 2.32. The van der Waals surface area contributed by atoms with Crippen LogP contribution < -0.4 is 0 Å². The maximum Gasteiger partial charge on any atom is 0.249 e. The SMILES string of the molecule is CC(C)(C)[S@](=O)N=Cc1ccc(C2CC(F)(F)C2)cn1. The minimum atomic E-state index is -2.52. The third-order valence-corrected chi connectivity index (χ3v) is 4.52. The lowest BCUT2D eigenvalue weighted by molar-refractivity contribution is -0.0868. The fourth-order valence-corrected chi connectivity index (χ4v) is 2.41. The van der Waals surface area contributed by atoms with E-state index in [1.54, 1.807) is 18.3 Å². The van der Waals surface area contributed by atoms with Crippen molar-refractivity contribution in [2.75, 3.05) is 0 Å². The number of nitrogens with zero attached hydrogens (tertiary/aromatic N) is 2. The summed E-state index contributed by atoms with van der Waals surface area (Å²) in [5.41, 5.74) is 1.41. The highest BCUT2D eigenvalue weighted by Crippen LogP contribution is 2.47. The van der Waals surface area contributed by atoms with Crippen LogP contribution in [0.5, 0.6) is 0 Å². The van der Waals surface area contributed by atoms with Gasteiger partial charge in [0.2, 0.25) is 5.92 Å². The Kier molecular flexibility index (Phi) is 4.04. The van der Waals surface area contributed by atoms with Crippen LogP contribution in [-0.4, -0.2) is 26.1 Å². The largest absolute Gasteiger partial charge is 0.255 e. The van der Waals surface area contributed by atoms with Gasteiger partial charge in [-0.25, -0.2) is 13.0 Å². The Morgan fingerprint density at radius 1 is 1.40 bits per heavy atom. The number of hydrogen-bond acceptors (Lipinski definition) is 2. The second kappa shape index (κ2) is 5.31. The molecular formula is C14H18F2N2OS. The first-order valence-corrected chi connectivity index (χ1v) is 7.58. The topological polar surface area (TPSA) is 42.3 Å². The second-order valence-corrected chi connectivity index (χ2v) is 8.01. The number of pyridine rings is 1. The normalized spacial score (nSPS) is 20.9. The van der Waals surface area contributed by atoms with Crippen molar-refractivity contribution < 1.29 is 13.0 Å². The van der Waals surface area contributed by atoms with E-state index in [0.717, 1.165) is 5.56 Å². The quantitative estimate of drug-likeness (QED) is 0.802. The Morgan fingerprint density at radius 2 is 2.05 bits per heavy atom. The van der Waals surface area contributed by atoms with Gasteiger partial charge in [-0.15, -0.1) is 0 Å². The van der Waals surface area contributed by atoms with Gasteiger partial charge in [0, 0.05) is 19.0 Å². The van der Waals surface area contributed by atoms with Gasteiger partial charge in [-0.05, 0) is 38.3 Å². The predicted octanol–water partition coefficient (Wildman–Crippen LogP) is 3.48. The second-order valence-electron chi connectivity index (χ2n) is 6.07. The molecule has 0 N–H and O–H groups in total. The molecule has 6 heteroatoms. The van der Waals surface area contributed by atoms with E-state index in [4.69, 9.17) is 0 Å². The highest BCUT2D eigenvalue weighted by Gasteiger charge is 2.45. The van der Waals surface area contributed by atoms with Crippen LogP contribution in [0.4, 0.5) is 8.78 Å². The molecule has 1 heterocycles. The summed E-state index contributed by atoms with van der Waals surface area (Å²) in [4.78, 5) is 4.15. The molecule has 0 saturated heterocycles. The van der Waals surface area contributed by atoms with E-state index >= 15 is 0 Å². The molecule has 1 aliphatic carbocycles. The fourth-order valence-electron chi connectivity index (χ4n) is 1.89. The Morgan fingerprint density at radius 3 is 2.50 bits per heavy atom. The Balaban J connectivity index is 1.99. The van der Waals surface area contributed by atoms with Crippen LogP contribution in [0.1, 0.15) is 50.8 Å². The molecule has 1 fully saturated rings. The number of rotatable bonds is 3. The zero-order chi connectivity index (χ0) is 15.0. The van der Waals surface area contributed by atoms with Gasteiger partial charge in [0.05, 0.1) is 16.7 Å². The summed E-state index contributed by atoms with van der Waals surface area (Å²) < 4.78 is 40.9. The molecular weight excluding hydrogens is 282 g/mol. The summed E-state index contributed by atoms with van der Waals surface area (Å²) in [6.45, 7) is 5.52. The van der Waals surface area contributed by atoms with E-state index < -0.39 is 21.7 Å². The molecule has 1 aromatic rings. The maximum atomic E-state index is 12.8. The van der Waals surface area contributed by atoms with Crippen LogP contribution in [-0.2, 0) is 11.0 Å². The van der Waals surface area contributed by atoms with Crippen molar-refractivity contribution in [2.24, 2.45) is 4.40 Å². The van der Waals surface area contributed by atoms with Crippen molar-refractivity contribution in [2.45, 2.75) is 50.2 Å². The highest BCUT2D eigenvalue weighted by molar-refractivity contribution is 7.85. The van der Waals surface area contributed by atoms with Crippen molar-refractivity contribution in [1.82, 2.24) is 4.98 Å². The Hall–Kier alpha value is -1.17. The molecule has 1 aliphatic rings. The summed E-state index contributed by atoms with van der Waals surface area (Å²) >= 11 is 0. The molecule has 3 nitrogen and oxygen atoms in total. The van der Waals surface area contributed by atoms with E-state index in [9.17, 15) is 13.0 Å². The van der Waals surface area contributed by atoms with Gasteiger partial charge in [-0.2, -0.15) is 4.40 Å². The smallest absolute Gasteiger partial charge is 0.249 e. The number of aromatic nitrogens is 1. The summed E-state index contributed by atoms with van der Waals surface area (Å²) in [5.74, 6) is -2.62. The lowest BCUT2D eigenvalue weighted by Crippen LogP contribution is -2.33. The molecule has 0 amide bonds. The lowest BCUT2D eigenvalue weighted by atomic mass is 9.77. The molecule has 2 rings (SSSR count). The van der Waals surface area contributed by atoms with E-state index in [-0.39, 0.29) is 18.8 Å². The first-order chi connectivity index (χ1) is 9.17. The standard InChI is InChI=1S/C14H18F2N2OS/c1-13(2,3)20(19)18-9-12-5-4-10(8-17-12)11-6-14(15,16)7-11/h4-5,8-9,11H,6-7H2,1-3H3/t20-/m0/s1. The van der Waals surface area contributed by atoms with E-state index in [2.05, 4.69) is 9.38 Å². The van der Waals surface area contributed by atoms with Crippen LogP contribution in [0.25, 0.3) is 0 Å². The van der Waals surface area contributed by atoms with Gasteiger partial charge in [-0.1, -0.05) is 6.07 Å². The predicted molar refractivity (Wildman–Crippen MR) is 76.6 cm³/mol. The summed E-state index contributed by atoms with van der Waals surface area (Å²) in [5, 5.41) is 0. The minimum Gasteiger partial charge on any atom is -0.255 e. The average molecular weight is 300 g/mol. The highest BCUT2D eigenvalue weighted by atomic mass is 32.2. The molecule has 1 atom stereocenters. The molecule has 0 aliphatic heterocycles. The molecule has 110 valence electrons. The maximum absolute atomic E-state index is 12.8. The third kappa shape index (κ3) is 3.69. The molecule has 0 unspecified atom stereocenters. The number of hydrogen-bond donors (Lipinski definition) is 0. The molecule has 1 aromatic heterocycles. The Bertz CT molecular complexity index is 527. The van der Waals surface area contributed by atoms with E-state index in [1.807, 2.05) is 20.8 Å². The van der Waals surface area contributed by atoms with Crippen molar-refractivity contribution in [1.29, 1.82) is 0 Å². The van der Waals surface area contributed by atoms with Crippen molar-refractivity contribution in [3.8, 4) is 0 Å². The van der Waals surface area contributed by atoms with E-state index in [0.29, 0.717) is 5.69 Å². The molecule has 0 radical (unpaired) electrons. The summed E-state index contributed by atoms with van der Waals surface area (Å²) in [6.07, 6.45) is 2.86. The van der Waals surface area contributed by atoms with Gasteiger partial charge in [0.25, 0.3) is 0 Å². The van der Waals surface area contributed by atoms with Gasteiger partial charge in [-0.3, -0.25) is 4.98 Å². The van der Waals surface area contributed by atoms with Gasteiger partial charge in [0.1, 0.15) is 11.0 Å². The minimum absolute atomic E-state index is 0.101. The zero-order valence-electron chi connectivity index (χ0n) is 11.8. The van der Waals surface area contributed by atoms with Gasteiger partial charge >= 0.3 is 0 Å². The molecule has 0 bridgehead atoms. The van der Waals surface area contributed by atoms with Crippen molar-refractivity contribution >= 4 is 17.2 Å². The van der Waals surface area contributed by atoms with E-state index in [1.165, 1.54) is 6.21 Å². The van der Waals surface area contributed by atoms with Crippen molar-refractivity contribution in [3.05, 3.63) is 29.6 Å². The first-order valence-electron chi connectivity index (χ1n) is 6.47. The zero-order valence-corrected chi connectivity index (χ0v) is 12.6. The number of alkyl halides is 2. The summed E-state index contributed by atoms with van der Waals surface area (Å²) in [6, 6.07) is 3.50. The molecule has 0 aromatic carbocycles. The van der Waals surface area contributed by atoms with Crippen LogP contribution in [0, 0.1) is 0 Å². The molecule has 20 heavy (non-hydrogen) atoms. The van der Waals surface area contributed by atoms with Crippen LogP contribution in [0.15, 0.2) is 22.7 Å². The fraction of sp³-hybridized carbons (Fsp3) is 0.571. The Labute approximate surface area is 120 Å². The van der Waals surface area contributed by atoms with Crippen molar-refractivity contribution in [3.63, 3.8) is 0 Å². The monoisotopic (exact) mass is 300 g/mol. The van der Waals surface area contributed by atoms with Crippen LogP contribution in [0.2, 0.25) is 0 Å². The third-order valence-electron chi connectivity index (χ3n) is 3.18. The van der Waals surface area contributed by atoms with Gasteiger partial charge in [0.15, 0.2) is 0 Å². The number of halogens is 2. The van der Waals surface area contributed by atoms with Crippen LogP contribution >= 0.6 is 0 Å². The summed E-state index contributed by atoms with van der Waals surface area (Å²) in [7, 11) is -1.32. The molecule has 1 saturated carbocycles. The lowest BCUT2D eigenvalue weighted by Gasteiger charge is -2.34. The first kappa shape index (κ1) is 15.2. The van der Waals surface area contributed by atoms with Crippen LogP contribution in [0.3, 0.4) is 0 Å². The molecule has 0 spiro atoms.